The molecule has 1 unspecified atom stereocenters. The van der Waals surface area contributed by atoms with E-state index >= 15 is 0 Å². The van der Waals surface area contributed by atoms with Gasteiger partial charge < -0.3 is 10.2 Å². The molecule has 0 radical (unpaired) electrons. The molecule has 1 saturated heterocycles. The highest BCUT2D eigenvalue weighted by Gasteiger charge is 2.47. The van der Waals surface area contributed by atoms with Gasteiger partial charge in [-0.1, -0.05) is 0 Å². The Hall–Kier alpha value is -0.620. The van der Waals surface area contributed by atoms with Gasteiger partial charge in [0.2, 0.25) is 5.91 Å². The van der Waals surface area contributed by atoms with Crippen molar-refractivity contribution in [1.29, 1.82) is 0 Å². The van der Waals surface area contributed by atoms with Gasteiger partial charge in [0, 0.05) is 38.4 Å². The smallest absolute Gasteiger partial charge is 0.223 e. The number of amides is 1. The zero-order chi connectivity index (χ0) is 13.4. The van der Waals surface area contributed by atoms with Crippen molar-refractivity contribution in [2.45, 2.75) is 32.2 Å². The minimum absolute atomic E-state index is 0.115. The third-order valence-electron chi connectivity index (χ3n) is 3.77. The van der Waals surface area contributed by atoms with Crippen LogP contribution in [0.15, 0.2) is 0 Å². The number of carbonyl (C=O) groups excluding carboxylic acids is 1. The Morgan fingerprint density at radius 3 is 2.61 bits per heavy atom. The molecular weight excluding hydrogens is 252 g/mol. The number of rotatable bonds is 4. The van der Waals surface area contributed by atoms with E-state index in [1.54, 1.807) is 0 Å². The van der Waals surface area contributed by atoms with Crippen LogP contribution in [0, 0.1) is 5.41 Å². The summed E-state index contributed by atoms with van der Waals surface area (Å²) >= 11 is 0. The Morgan fingerprint density at radius 2 is 2.11 bits per heavy atom. The molecule has 6 heteroatoms. The minimum atomic E-state index is -2.99. The topological polar surface area (TPSA) is 66.5 Å². The fraction of sp³-hybridized carbons (Fsp3) is 0.917. The molecule has 0 bridgehead atoms. The summed E-state index contributed by atoms with van der Waals surface area (Å²) in [6.45, 7) is 4.35. The van der Waals surface area contributed by atoms with E-state index in [1.165, 1.54) is 6.26 Å². The maximum atomic E-state index is 12.2. The van der Waals surface area contributed by atoms with E-state index in [0.29, 0.717) is 12.5 Å². The van der Waals surface area contributed by atoms with Crippen LogP contribution in [-0.4, -0.2) is 56.9 Å². The number of hydrogen-bond donors (Lipinski definition) is 1. The first-order chi connectivity index (χ1) is 8.30. The monoisotopic (exact) mass is 274 g/mol. The van der Waals surface area contributed by atoms with E-state index in [9.17, 15) is 13.2 Å². The average Bonchev–Trinajstić information content (AvgIpc) is 2.94. The molecule has 0 aromatic rings. The maximum Gasteiger partial charge on any atom is 0.223 e. The van der Waals surface area contributed by atoms with Gasteiger partial charge in [-0.05, 0) is 25.2 Å². The largest absolute Gasteiger partial charge is 0.340 e. The molecule has 104 valence electrons. The first-order valence-electron chi connectivity index (χ1n) is 6.49. The molecule has 5 nitrogen and oxygen atoms in total. The van der Waals surface area contributed by atoms with Crippen LogP contribution in [0.3, 0.4) is 0 Å². The van der Waals surface area contributed by atoms with Gasteiger partial charge in [-0.2, -0.15) is 0 Å². The van der Waals surface area contributed by atoms with Crippen molar-refractivity contribution >= 4 is 15.7 Å². The third-order valence-corrected chi connectivity index (χ3v) is 4.91. The van der Waals surface area contributed by atoms with E-state index < -0.39 is 9.84 Å². The molecule has 1 aliphatic carbocycles. The van der Waals surface area contributed by atoms with Crippen molar-refractivity contribution in [3.8, 4) is 0 Å². The Labute approximate surface area is 109 Å². The van der Waals surface area contributed by atoms with Crippen LogP contribution < -0.4 is 5.32 Å². The van der Waals surface area contributed by atoms with Gasteiger partial charge in [-0.3, -0.25) is 4.79 Å². The molecule has 0 aromatic carbocycles. The first-order valence-corrected chi connectivity index (χ1v) is 8.55. The lowest BCUT2D eigenvalue weighted by atomic mass is 10.0. The highest BCUT2D eigenvalue weighted by molar-refractivity contribution is 7.90. The van der Waals surface area contributed by atoms with Crippen molar-refractivity contribution in [3.05, 3.63) is 0 Å². The lowest BCUT2D eigenvalue weighted by Crippen LogP contribution is -2.51. The zero-order valence-corrected chi connectivity index (χ0v) is 11.9. The predicted octanol–water partition coefficient (Wildman–Crippen LogP) is 0.0216. The Morgan fingerprint density at radius 1 is 1.44 bits per heavy atom. The highest BCUT2D eigenvalue weighted by atomic mass is 32.2. The quantitative estimate of drug-likeness (QED) is 0.785. The van der Waals surface area contributed by atoms with Crippen LogP contribution in [0.1, 0.15) is 26.2 Å². The molecule has 1 N–H and O–H groups in total. The van der Waals surface area contributed by atoms with E-state index in [1.807, 2.05) is 4.90 Å². The van der Waals surface area contributed by atoms with Crippen molar-refractivity contribution in [2.24, 2.45) is 5.41 Å². The highest BCUT2D eigenvalue weighted by Crippen LogP contribution is 2.50. The molecule has 2 rings (SSSR count). The minimum Gasteiger partial charge on any atom is -0.340 e. The molecule has 1 heterocycles. The summed E-state index contributed by atoms with van der Waals surface area (Å²) in [6, 6.07) is 0.327. The number of carbonyl (C=O) groups is 1. The second kappa shape index (κ2) is 4.81. The van der Waals surface area contributed by atoms with Crippen LogP contribution >= 0.6 is 0 Å². The lowest BCUT2D eigenvalue weighted by Gasteiger charge is -2.33. The molecule has 1 atom stereocenters. The molecule has 1 amide bonds. The number of hydrogen-bond acceptors (Lipinski definition) is 4. The molecule has 1 saturated carbocycles. The second-order valence-electron chi connectivity index (χ2n) is 5.94. The van der Waals surface area contributed by atoms with Gasteiger partial charge in [-0.15, -0.1) is 0 Å². The van der Waals surface area contributed by atoms with Crippen LogP contribution in [0.5, 0.6) is 0 Å². The number of nitrogens with one attached hydrogen (secondary N) is 1. The zero-order valence-electron chi connectivity index (χ0n) is 11.1. The predicted molar refractivity (Wildman–Crippen MR) is 70.0 cm³/mol. The Bertz CT molecular complexity index is 429. The summed E-state index contributed by atoms with van der Waals surface area (Å²) in [4.78, 5) is 14.1. The SMILES string of the molecule is CC1CN(C(=O)CC2(CS(C)(=O)=O)CC2)CCN1. The average molecular weight is 274 g/mol. The van der Waals surface area contributed by atoms with Crippen LogP contribution in [0.2, 0.25) is 0 Å². The van der Waals surface area contributed by atoms with Crippen molar-refractivity contribution in [3.63, 3.8) is 0 Å². The summed E-state index contributed by atoms with van der Waals surface area (Å²) in [5, 5.41) is 3.29. The molecule has 2 aliphatic rings. The maximum absolute atomic E-state index is 12.2. The third kappa shape index (κ3) is 3.68. The fourth-order valence-electron chi connectivity index (χ4n) is 2.70. The number of sulfone groups is 1. The van der Waals surface area contributed by atoms with Gasteiger partial charge in [0.25, 0.3) is 0 Å². The van der Waals surface area contributed by atoms with Crippen LogP contribution in [-0.2, 0) is 14.6 Å². The first kappa shape index (κ1) is 13.8. The molecule has 2 fully saturated rings. The summed E-state index contributed by atoms with van der Waals surface area (Å²) in [5.41, 5.74) is -0.251. The van der Waals surface area contributed by atoms with Crippen molar-refractivity contribution < 1.29 is 13.2 Å². The summed E-state index contributed by atoms with van der Waals surface area (Å²) in [6.07, 6.45) is 3.39. The molecule has 18 heavy (non-hydrogen) atoms. The van der Waals surface area contributed by atoms with Crippen molar-refractivity contribution in [2.75, 3.05) is 31.6 Å². The molecular formula is C12H22N2O3S. The molecule has 0 aromatic heterocycles. The second-order valence-corrected chi connectivity index (χ2v) is 8.08. The van der Waals surface area contributed by atoms with Crippen LogP contribution in [0.4, 0.5) is 0 Å². The van der Waals surface area contributed by atoms with Gasteiger partial charge in [-0.25, -0.2) is 8.42 Å². The Balaban J connectivity index is 1.91. The van der Waals surface area contributed by atoms with Crippen molar-refractivity contribution in [1.82, 2.24) is 10.2 Å². The number of piperazine rings is 1. The van der Waals surface area contributed by atoms with E-state index in [4.69, 9.17) is 0 Å². The van der Waals surface area contributed by atoms with Gasteiger partial charge in [0.15, 0.2) is 0 Å². The molecule has 0 spiro atoms. The molecule has 1 aliphatic heterocycles. The summed E-state index contributed by atoms with van der Waals surface area (Å²) < 4.78 is 22.7. The van der Waals surface area contributed by atoms with E-state index in [2.05, 4.69) is 12.2 Å². The summed E-state index contributed by atoms with van der Waals surface area (Å²) in [5.74, 6) is 0.275. The van der Waals surface area contributed by atoms with Crippen LogP contribution in [0.25, 0.3) is 0 Å². The lowest BCUT2D eigenvalue weighted by molar-refractivity contribution is -0.133. The van der Waals surface area contributed by atoms with Gasteiger partial charge in [0.05, 0.1) is 5.75 Å². The Kier molecular flexibility index (Phi) is 3.69. The van der Waals surface area contributed by atoms with E-state index in [0.717, 1.165) is 32.5 Å². The fourth-order valence-corrected chi connectivity index (χ4v) is 4.20. The van der Waals surface area contributed by atoms with Gasteiger partial charge >= 0.3 is 0 Å². The van der Waals surface area contributed by atoms with Gasteiger partial charge in [0.1, 0.15) is 9.84 Å². The van der Waals surface area contributed by atoms with E-state index in [-0.39, 0.29) is 17.1 Å². The normalized spacial score (nSPS) is 27.0. The number of nitrogens with zero attached hydrogens (tertiary/aromatic N) is 1. The standard InChI is InChI=1S/C12H22N2O3S/c1-10-8-14(6-5-13-10)11(15)7-12(3-4-12)9-18(2,16)17/h10,13H,3-9H2,1-2H3. The summed E-state index contributed by atoms with van der Waals surface area (Å²) in [7, 11) is -2.99.